The third kappa shape index (κ3) is 4.89. The zero-order valence-electron chi connectivity index (χ0n) is 11.6. The van der Waals surface area contributed by atoms with Crippen molar-refractivity contribution in [2.24, 2.45) is 0 Å². The van der Waals surface area contributed by atoms with Gasteiger partial charge in [0.2, 0.25) is 5.91 Å². The summed E-state index contributed by atoms with van der Waals surface area (Å²) in [4.78, 5) is 33.4. The van der Waals surface area contributed by atoms with Crippen molar-refractivity contribution in [3.63, 3.8) is 0 Å². The summed E-state index contributed by atoms with van der Waals surface area (Å²) in [6.07, 6.45) is -2.29. The fourth-order valence-corrected chi connectivity index (χ4v) is 2.71. The number of ether oxygens (including phenoxy) is 3. The molecule has 0 saturated carbocycles. The van der Waals surface area contributed by atoms with Gasteiger partial charge < -0.3 is 19.5 Å². The number of hydrogen-bond donors (Lipinski definition) is 1. The third-order valence-electron chi connectivity index (χ3n) is 2.71. The molecule has 20 heavy (non-hydrogen) atoms. The number of nitrogens with one attached hydrogen (secondary N) is 1. The number of carbonyl (C=O) groups is 3. The van der Waals surface area contributed by atoms with Gasteiger partial charge >= 0.3 is 11.9 Å². The van der Waals surface area contributed by atoms with Gasteiger partial charge in [-0.1, -0.05) is 22.6 Å². The lowest BCUT2D eigenvalue weighted by Crippen LogP contribution is -2.43. The van der Waals surface area contributed by atoms with Gasteiger partial charge in [-0.25, -0.2) is 0 Å². The maximum atomic E-state index is 11.2. The Morgan fingerprint density at radius 2 is 1.55 bits per heavy atom. The predicted molar refractivity (Wildman–Crippen MR) is 77.3 cm³/mol. The lowest BCUT2D eigenvalue weighted by atomic mass is 10.1. The van der Waals surface area contributed by atoms with Gasteiger partial charge in [-0.3, -0.25) is 14.4 Å². The van der Waals surface area contributed by atoms with E-state index in [2.05, 4.69) is 27.9 Å². The predicted octanol–water partition coefficient (Wildman–Crippen LogP) is 0.188. The molecule has 0 bridgehead atoms. The quantitative estimate of drug-likeness (QED) is 0.403. The molecule has 1 heterocycles. The van der Waals surface area contributed by atoms with Crippen LogP contribution in [0.1, 0.15) is 20.8 Å². The highest BCUT2D eigenvalue weighted by Crippen LogP contribution is 2.28. The van der Waals surface area contributed by atoms with Crippen molar-refractivity contribution in [2.75, 3.05) is 11.0 Å². The molecule has 1 saturated heterocycles. The highest BCUT2D eigenvalue weighted by Gasteiger charge is 2.48. The SMILES string of the molecule is CC(=O)NC[C@@H]1O[C@@H](CI)[C@@H](OC(C)=O)[C@@H]1OC(C)=O. The zero-order chi connectivity index (χ0) is 15.3. The third-order valence-corrected chi connectivity index (χ3v) is 3.58. The number of rotatable bonds is 5. The molecular weight excluding hydrogens is 381 g/mol. The smallest absolute Gasteiger partial charge is 0.303 e. The molecular formula is C12H18INO6. The Kier molecular flexibility index (Phi) is 6.66. The number of amides is 1. The second-order valence-electron chi connectivity index (χ2n) is 4.45. The monoisotopic (exact) mass is 399 g/mol. The van der Waals surface area contributed by atoms with Gasteiger partial charge in [-0.05, 0) is 0 Å². The lowest BCUT2D eigenvalue weighted by Gasteiger charge is -2.23. The molecule has 114 valence electrons. The van der Waals surface area contributed by atoms with E-state index in [1.165, 1.54) is 20.8 Å². The minimum Gasteiger partial charge on any atom is -0.456 e. The van der Waals surface area contributed by atoms with Crippen molar-refractivity contribution in [1.82, 2.24) is 5.32 Å². The molecule has 1 rings (SSSR count). The van der Waals surface area contributed by atoms with Crippen LogP contribution in [0, 0.1) is 0 Å². The van der Waals surface area contributed by atoms with E-state index < -0.39 is 30.3 Å². The first kappa shape index (κ1) is 17.2. The molecule has 1 aliphatic rings. The van der Waals surface area contributed by atoms with E-state index in [-0.39, 0.29) is 18.6 Å². The van der Waals surface area contributed by atoms with Gasteiger partial charge in [-0.15, -0.1) is 0 Å². The average Bonchev–Trinajstić information content (AvgIpc) is 2.63. The molecule has 0 aromatic carbocycles. The van der Waals surface area contributed by atoms with Crippen LogP contribution in [0.25, 0.3) is 0 Å². The first-order valence-electron chi connectivity index (χ1n) is 6.15. The van der Waals surface area contributed by atoms with Crippen molar-refractivity contribution in [2.45, 2.75) is 45.2 Å². The minimum absolute atomic E-state index is 0.193. The topological polar surface area (TPSA) is 90.9 Å². The normalized spacial score (nSPS) is 28.8. The standard InChI is InChI=1S/C12H18INO6/c1-6(15)14-5-10-12(19-8(3)17)11(18-7(2)16)9(4-13)20-10/h9-12H,4-5H2,1-3H3,(H,14,15)/t9-,10-,11+,12+/m0/s1. The fraction of sp³-hybridized carbons (Fsp3) is 0.750. The summed E-state index contributed by atoms with van der Waals surface area (Å²) in [5.74, 6) is -1.17. The maximum Gasteiger partial charge on any atom is 0.303 e. The molecule has 0 unspecified atom stereocenters. The maximum absolute atomic E-state index is 11.2. The van der Waals surface area contributed by atoms with Crippen molar-refractivity contribution in [3.05, 3.63) is 0 Å². The Balaban J connectivity index is 2.84. The van der Waals surface area contributed by atoms with Crippen LogP contribution in [0.4, 0.5) is 0 Å². The van der Waals surface area contributed by atoms with Crippen LogP contribution in [-0.2, 0) is 28.6 Å². The van der Waals surface area contributed by atoms with Crippen molar-refractivity contribution >= 4 is 40.4 Å². The van der Waals surface area contributed by atoms with Crippen molar-refractivity contribution in [3.8, 4) is 0 Å². The molecule has 0 aliphatic carbocycles. The van der Waals surface area contributed by atoms with Gasteiger partial charge in [0.25, 0.3) is 0 Å². The lowest BCUT2D eigenvalue weighted by molar-refractivity contribution is -0.163. The van der Waals surface area contributed by atoms with E-state index in [0.717, 1.165) is 0 Å². The summed E-state index contributed by atoms with van der Waals surface area (Å²) in [6.45, 7) is 4.14. The van der Waals surface area contributed by atoms with E-state index in [1.807, 2.05) is 0 Å². The van der Waals surface area contributed by atoms with Crippen molar-refractivity contribution in [1.29, 1.82) is 0 Å². The number of halogens is 1. The van der Waals surface area contributed by atoms with Crippen LogP contribution in [0.15, 0.2) is 0 Å². The highest BCUT2D eigenvalue weighted by atomic mass is 127. The van der Waals surface area contributed by atoms with Crippen molar-refractivity contribution < 1.29 is 28.6 Å². The van der Waals surface area contributed by atoms with E-state index in [9.17, 15) is 14.4 Å². The average molecular weight is 399 g/mol. The van der Waals surface area contributed by atoms with Gasteiger partial charge in [0.15, 0.2) is 12.2 Å². The molecule has 1 N–H and O–H groups in total. The molecule has 0 aromatic rings. The molecule has 1 amide bonds. The van der Waals surface area contributed by atoms with Gasteiger partial charge in [-0.2, -0.15) is 0 Å². The highest BCUT2D eigenvalue weighted by molar-refractivity contribution is 14.1. The van der Waals surface area contributed by atoms with Crippen LogP contribution in [0.5, 0.6) is 0 Å². The summed E-state index contributed by atoms with van der Waals surface area (Å²) >= 11 is 2.10. The molecule has 0 spiro atoms. The summed E-state index contributed by atoms with van der Waals surface area (Å²) in [6, 6.07) is 0. The number of hydrogen-bond acceptors (Lipinski definition) is 6. The molecule has 0 radical (unpaired) electrons. The van der Waals surface area contributed by atoms with E-state index in [4.69, 9.17) is 14.2 Å². The zero-order valence-corrected chi connectivity index (χ0v) is 13.7. The second kappa shape index (κ2) is 7.77. The van der Waals surface area contributed by atoms with Gasteiger partial charge in [0, 0.05) is 31.7 Å². The number of esters is 2. The molecule has 7 nitrogen and oxygen atoms in total. The largest absolute Gasteiger partial charge is 0.456 e. The Morgan fingerprint density at radius 3 is 1.95 bits per heavy atom. The van der Waals surface area contributed by atoms with E-state index in [1.54, 1.807) is 0 Å². The summed E-state index contributed by atoms with van der Waals surface area (Å²) in [7, 11) is 0. The molecule has 1 fully saturated rings. The fourth-order valence-electron chi connectivity index (χ4n) is 2.00. The molecule has 8 heteroatoms. The van der Waals surface area contributed by atoms with Crippen LogP contribution in [0.2, 0.25) is 0 Å². The Bertz CT molecular complexity index is 388. The first-order chi connectivity index (χ1) is 9.35. The summed E-state index contributed by atoms with van der Waals surface area (Å²) < 4.78 is 16.7. The molecule has 0 aromatic heterocycles. The second-order valence-corrected chi connectivity index (χ2v) is 5.33. The van der Waals surface area contributed by atoms with Crippen LogP contribution in [-0.4, -0.2) is 53.2 Å². The first-order valence-corrected chi connectivity index (χ1v) is 7.68. The van der Waals surface area contributed by atoms with Gasteiger partial charge in [0.05, 0.1) is 0 Å². The Morgan fingerprint density at radius 1 is 1.05 bits per heavy atom. The molecule has 1 aliphatic heterocycles. The summed E-state index contributed by atoms with van der Waals surface area (Å²) in [5.41, 5.74) is 0. The number of carbonyl (C=O) groups excluding carboxylic acids is 3. The Labute approximate surface area is 130 Å². The van der Waals surface area contributed by atoms with Crippen LogP contribution < -0.4 is 5.32 Å². The summed E-state index contributed by atoms with van der Waals surface area (Å²) in [5, 5.41) is 2.61. The van der Waals surface area contributed by atoms with E-state index >= 15 is 0 Å². The minimum atomic E-state index is -0.719. The van der Waals surface area contributed by atoms with Gasteiger partial charge in [0.1, 0.15) is 12.2 Å². The molecule has 4 atom stereocenters. The van der Waals surface area contributed by atoms with E-state index in [0.29, 0.717) is 4.43 Å². The van der Waals surface area contributed by atoms with Crippen LogP contribution in [0.3, 0.4) is 0 Å². The number of alkyl halides is 1. The van der Waals surface area contributed by atoms with Crippen LogP contribution >= 0.6 is 22.6 Å². The Hall–Kier alpha value is -0.900.